The van der Waals surface area contributed by atoms with Gasteiger partial charge in [0.2, 0.25) is 0 Å². The van der Waals surface area contributed by atoms with Gasteiger partial charge in [0.25, 0.3) is 0 Å². The summed E-state index contributed by atoms with van der Waals surface area (Å²) in [6, 6.07) is 0. The summed E-state index contributed by atoms with van der Waals surface area (Å²) in [5.74, 6) is 1.03. The molecule has 0 aromatic heterocycles. The van der Waals surface area contributed by atoms with Crippen molar-refractivity contribution in [1.29, 1.82) is 0 Å². The van der Waals surface area contributed by atoms with Crippen molar-refractivity contribution in [3.8, 4) is 0 Å². The van der Waals surface area contributed by atoms with Crippen LogP contribution >= 0.6 is 0 Å². The molecule has 56 heavy (non-hydrogen) atoms. The SMILES string of the molecule is CC(CC[C@@H](O[C@@H]1O[C@H](CO[C@@H]2O[C@H](CO)[C@@H](O)[C@H](O)[C@H]2O)[C@@H](O)[C@H](O)[C@H]1O)C(C)(C)O)C1CC[C@@]2(C)C3CC=C4C(CC[C@H](O)C4(C)C)[C@]3(C)C(=O)C[C@]12C. The lowest BCUT2D eigenvalue weighted by atomic mass is 9.38. The lowest BCUT2D eigenvalue weighted by Crippen LogP contribution is -2.63. The van der Waals surface area contributed by atoms with Crippen molar-refractivity contribution in [3.05, 3.63) is 11.6 Å². The normalized spacial score (nSPS) is 49.0. The highest BCUT2D eigenvalue weighted by atomic mass is 16.7. The Labute approximate surface area is 331 Å². The number of ketones is 1. The Morgan fingerprint density at radius 1 is 0.821 bits per heavy atom. The number of ether oxygens (including phenoxy) is 4. The van der Waals surface area contributed by atoms with Crippen molar-refractivity contribution in [2.45, 2.75) is 186 Å². The van der Waals surface area contributed by atoms with Gasteiger partial charge in [-0.2, -0.15) is 0 Å². The number of Topliss-reactive ketones (excluding diaryl/α,β-unsaturated/α-hetero) is 1. The van der Waals surface area contributed by atoms with Crippen molar-refractivity contribution in [2.24, 2.45) is 45.3 Å². The van der Waals surface area contributed by atoms with Gasteiger partial charge in [-0.1, -0.05) is 53.2 Å². The third-order valence-electron chi connectivity index (χ3n) is 16.3. The Balaban J connectivity index is 1.13. The Morgan fingerprint density at radius 3 is 2.05 bits per heavy atom. The summed E-state index contributed by atoms with van der Waals surface area (Å²) < 4.78 is 23.1. The zero-order chi connectivity index (χ0) is 41.5. The summed E-state index contributed by atoms with van der Waals surface area (Å²) in [6.45, 7) is 15.4. The molecule has 4 aliphatic carbocycles. The first-order valence-corrected chi connectivity index (χ1v) is 20.9. The first-order valence-electron chi connectivity index (χ1n) is 20.9. The smallest absolute Gasteiger partial charge is 0.187 e. The second-order valence-electron chi connectivity index (χ2n) is 20.1. The molecule has 0 bridgehead atoms. The van der Waals surface area contributed by atoms with E-state index in [0.29, 0.717) is 31.5 Å². The third kappa shape index (κ3) is 7.17. The molecule has 0 aromatic rings. The number of aliphatic hydroxyl groups is 9. The Morgan fingerprint density at radius 2 is 1.43 bits per heavy atom. The zero-order valence-corrected chi connectivity index (χ0v) is 34.5. The van der Waals surface area contributed by atoms with Crippen molar-refractivity contribution in [3.63, 3.8) is 0 Å². The molecule has 2 saturated heterocycles. The maximum Gasteiger partial charge on any atom is 0.187 e. The highest BCUT2D eigenvalue weighted by molar-refractivity contribution is 5.88. The van der Waals surface area contributed by atoms with Gasteiger partial charge in [-0.05, 0) is 93.3 Å². The van der Waals surface area contributed by atoms with E-state index < -0.39 is 97.8 Å². The molecule has 4 unspecified atom stereocenters. The van der Waals surface area contributed by atoms with E-state index in [1.165, 1.54) is 5.57 Å². The molecule has 322 valence electrons. The van der Waals surface area contributed by atoms with Crippen LogP contribution < -0.4 is 0 Å². The molecule has 6 aliphatic rings. The van der Waals surface area contributed by atoms with E-state index in [1.54, 1.807) is 13.8 Å². The number of rotatable bonds is 11. The van der Waals surface area contributed by atoms with Crippen LogP contribution in [-0.2, 0) is 23.7 Å². The topological polar surface area (TPSA) is 236 Å². The molecule has 9 N–H and O–H groups in total. The van der Waals surface area contributed by atoms with Crippen molar-refractivity contribution in [2.75, 3.05) is 13.2 Å². The van der Waals surface area contributed by atoms with E-state index in [2.05, 4.69) is 47.6 Å². The first kappa shape index (κ1) is 44.4. The van der Waals surface area contributed by atoms with Crippen LogP contribution in [-0.4, -0.2) is 144 Å². The van der Waals surface area contributed by atoms with Gasteiger partial charge in [-0.3, -0.25) is 4.79 Å². The van der Waals surface area contributed by atoms with E-state index >= 15 is 0 Å². The number of hydrogen-bond acceptors (Lipinski definition) is 14. The summed E-state index contributed by atoms with van der Waals surface area (Å²) in [4.78, 5) is 14.6. The van der Waals surface area contributed by atoms with Gasteiger partial charge in [0, 0.05) is 17.3 Å². The predicted molar refractivity (Wildman–Crippen MR) is 201 cm³/mol. The van der Waals surface area contributed by atoms with Gasteiger partial charge in [0.15, 0.2) is 12.6 Å². The molecule has 0 aromatic carbocycles. The number of fused-ring (bicyclic) bond motifs is 5. The van der Waals surface area contributed by atoms with Gasteiger partial charge in [-0.15, -0.1) is 0 Å². The molecule has 14 heteroatoms. The molecular weight excluding hydrogens is 728 g/mol. The summed E-state index contributed by atoms with van der Waals surface area (Å²) >= 11 is 0. The van der Waals surface area contributed by atoms with Gasteiger partial charge in [0.1, 0.15) is 54.6 Å². The number of aliphatic hydroxyl groups excluding tert-OH is 8. The molecule has 6 rings (SSSR count). The average molecular weight is 799 g/mol. The Bertz CT molecular complexity index is 1450. The van der Waals surface area contributed by atoms with Gasteiger partial charge in [-0.25, -0.2) is 0 Å². The van der Waals surface area contributed by atoms with E-state index in [4.69, 9.17) is 18.9 Å². The van der Waals surface area contributed by atoms with Crippen LogP contribution in [0.5, 0.6) is 0 Å². The molecule has 0 amide bonds. The van der Waals surface area contributed by atoms with E-state index in [0.717, 1.165) is 25.7 Å². The summed E-state index contributed by atoms with van der Waals surface area (Å²) in [6.07, 6.45) is -8.64. The fourth-order valence-electron chi connectivity index (χ4n) is 12.3. The quantitative estimate of drug-likeness (QED) is 0.134. The fourth-order valence-corrected chi connectivity index (χ4v) is 12.3. The zero-order valence-electron chi connectivity index (χ0n) is 34.5. The highest BCUT2D eigenvalue weighted by Gasteiger charge is 2.70. The van der Waals surface area contributed by atoms with Crippen LogP contribution in [0.25, 0.3) is 0 Å². The molecule has 19 atom stereocenters. The second-order valence-corrected chi connectivity index (χ2v) is 20.1. The number of hydrogen-bond donors (Lipinski definition) is 9. The summed E-state index contributed by atoms with van der Waals surface area (Å²) in [5, 5.41) is 94.8. The standard InChI is InChI=1S/C42H70O14/c1-20(21-15-16-40(6)26-12-10-22-23(11-13-27(44)38(22,2)3)42(26,8)28(45)17-41(21,40)7)9-14-29(39(4,5)52)56-37-35(51)33(49)31(47)25(55-37)19-53-36-34(50)32(48)30(46)24(18-43)54-36/h10,20-21,23-27,29-37,43-44,46-52H,9,11-19H2,1-8H3/t20?,21?,23?,24-,25-,26?,27+,29-,30-,31-,32+,33+,34-,35-,36-,37+,40+,41-,42+/m1/s1. The number of carbonyl (C=O) groups excluding carboxylic acids is 1. The highest BCUT2D eigenvalue weighted by Crippen LogP contribution is 2.74. The van der Waals surface area contributed by atoms with E-state index in [1.807, 2.05) is 0 Å². The maximum absolute atomic E-state index is 14.6. The average Bonchev–Trinajstić information content (AvgIpc) is 3.40. The van der Waals surface area contributed by atoms with Crippen LogP contribution in [0.15, 0.2) is 11.6 Å². The second kappa shape index (κ2) is 15.7. The van der Waals surface area contributed by atoms with Crippen LogP contribution in [0.4, 0.5) is 0 Å². The minimum Gasteiger partial charge on any atom is -0.394 e. The third-order valence-corrected chi connectivity index (χ3v) is 16.3. The minimum atomic E-state index is -1.72. The van der Waals surface area contributed by atoms with Crippen molar-refractivity contribution in [1.82, 2.24) is 0 Å². The maximum atomic E-state index is 14.6. The van der Waals surface area contributed by atoms with Crippen molar-refractivity contribution < 1.29 is 69.7 Å². The molecule has 0 radical (unpaired) electrons. The van der Waals surface area contributed by atoms with Crippen LogP contribution in [0.2, 0.25) is 0 Å². The first-order chi connectivity index (χ1) is 25.9. The van der Waals surface area contributed by atoms with Crippen LogP contribution in [0.1, 0.15) is 107 Å². The number of allylic oxidation sites excluding steroid dienone is 1. The molecule has 2 heterocycles. The molecule has 2 aliphatic heterocycles. The lowest BCUT2D eigenvalue weighted by Gasteiger charge is -2.64. The predicted octanol–water partition coefficient (Wildman–Crippen LogP) is 1.33. The molecular formula is C42H70O14. The van der Waals surface area contributed by atoms with E-state index in [9.17, 15) is 50.8 Å². The largest absolute Gasteiger partial charge is 0.394 e. The number of carbonyl (C=O) groups is 1. The monoisotopic (exact) mass is 798 g/mol. The van der Waals surface area contributed by atoms with Gasteiger partial charge < -0.3 is 64.9 Å². The van der Waals surface area contributed by atoms with Gasteiger partial charge >= 0.3 is 0 Å². The lowest BCUT2D eigenvalue weighted by molar-refractivity contribution is -0.341. The minimum absolute atomic E-state index is 0.0767. The van der Waals surface area contributed by atoms with Crippen molar-refractivity contribution >= 4 is 5.78 Å². The Kier molecular flexibility index (Phi) is 12.5. The molecule has 14 nitrogen and oxygen atoms in total. The van der Waals surface area contributed by atoms with Gasteiger partial charge in [0.05, 0.1) is 31.0 Å². The van der Waals surface area contributed by atoms with Crippen LogP contribution in [0, 0.1) is 45.3 Å². The molecule has 0 spiro atoms. The summed E-state index contributed by atoms with van der Waals surface area (Å²) in [5.41, 5.74) is -1.32. The summed E-state index contributed by atoms with van der Waals surface area (Å²) in [7, 11) is 0. The fraction of sp³-hybridized carbons (Fsp3) is 0.929. The molecule has 3 saturated carbocycles. The Hall–Kier alpha value is -1.11. The van der Waals surface area contributed by atoms with Crippen LogP contribution in [0.3, 0.4) is 0 Å². The molecule has 5 fully saturated rings. The van der Waals surface area contributed by atoms with E-state index in [-0.39, 0.29) is 39.9 Å².